The van der Waals surface area contributed by atoms with Gasteiger partial charge in [0.05, 0.1) is 70.0 Å². The molecule has 98 heavy (non-hydrogen) atoms. The minimum atomic E-state index is -3.70. The topological polar surface area (TPSA) is 350 Å². The Morgan fingerprint density at radius 2 is 0.980 bits per heavy atom. The van der Waals surface area contributed by atoms with Gasteiger partial charge >= 0.3 is 41.5 Å². The molecule has 0 saturated carbocycles. The first kappa shape index (κ1) is 98.4. The van der Waals surface area contributed by atoms with E-state index >= 15 is 0 Å². The average Bonchev–Trinajstić information content (AvgIpc) is 0.914. The molecule has 0 spiro atoms. The van der Waals surface area contributed by atoms with Crippen LogP contribution in [0.25, 0.3) is 0 Å². The standard InChI is InChI=1S/C20H20N2O2S4.C13H13NO2S2.C9H12O4S.C7H7ClO2S.C7H9NOS2.C4H8O2S.C2H6O2.C2H4OS.Na/c1-20(15-21,27-19(25)16-7-3-2-4-8-16)11-10-18(23)24-13-14-26-28-17-9-5-6-12-22-17;1-13(9-14,8-7-11(15)16)18-12(17)10-5-3-2-4-6-10;1-8-2-4-9(5-3-8)14(11,12)13-7-6-10;1-6-2-4-7(5-3-6)11(8,9)10;9-5-6-10-11-7-3-1-2-4-8-7;1-4(6)7-3-2-5;3-1-2-4;1-2(3)4;/h2-9,12H,10-11,13-14H2,1H3;2-6H,7-8H2,1H3,(H,15,16);2-5,10H,6-7H2,1H3;2-5H,1H3;1-4,9H,5-6H2;5H,2-3H2,1H3;3-4H,1-2H2;1H3,(H,3,4);/q;;;;;;;;+1/p-1. The van der Waals surface area contributed by atoms with Crippen LogP contribution in [0.3, 0.4) is 0 Å². The number of aliphatic hydroxyl groups is 5. The van der Waals surface area contributed by atoms with Crippen LogP contribution in [0.1, 0.15) is 75.6 Å². The van der Waals surface area contributed by atoms with Crippen LogP contribution in [0, 0.1) is 36.5 Å². The van der Waals surface area contributed by atoms with Crippen LogP contribution < -0.4 is 29.6 Å². The summed E-state index contributed by atoms with van der Waals surface area (Å²) in [6.07, 6.45) is 4.33. The number of thioether (sulfide) groups is 3. The Balaban J connectivity index is -0.00000113. The molecule has 0 saturated heterocycles. The predicted molar refractivity (Wildman–Crippen MR) is 407 cm³/mol. The minimum absolute atomic E-state index is 0. The van der Waals surface area contributed by atoms with Crippen LogP contribution in [-0.2, 0) is 59.9 Å². The average molecular weight is 1600 g/mol. The number of halogens is 1. The molecule has 6 rings (SSSR count). The quantitative estimate of drug-likeness (QED) is 0.00408. The van der Waals surface area contributed by atoms with Crippen LogP contribution in [0.15, 0.2) is 178 Å². The van der Waals surface area contributed by atoms with E-state index in [2.05, 4.69) is 38.9 Å². The molecule has 2 heterocycles. The van der Waals surface area contributed by atoms with Crippen molar-refractivity contribution < 1.29 is 105 Å². The number of carbonyl (C=O) groups excluding carboxylic acids is 3. The molecule has 0 aliphatic heterocycles. The van der Waals surface area contributed by atoms with E-state index in [-0.39, 0.29) is 114 Å². The molecule has 2 aromatic heterocycles. The number of aromatic nitrogens is 2. The van der Waals surface area contributed by atoms with Gasteiger partial charge in [0, 0.05) is 65.2 Å². The summed E-state index contributed by atoms with van der Waals surface area (Å²) in [5.74, 6) is 0.755. The number of pyridine rings is 2. The van der Waals surface area contributed by atoms with Crippen LogP contribution >= 0.6 is 114 Å². The van der Waals surface area contributed by atoms with Crippen LogP contribution in [-0.4, -0.2) is 161 Å². The Kier molecular flexibility index (Phi) is 60.0. The zero-order chi connectivity index (χ0) is 73.6. The number of carbonyl (C=O) groups is 4. The van der Waals surface area contributed by atoms with Gasteiger partial charge in [-0.15, -0.1) is 0 Å². The number of benzene rings is 4. The number of hydrogen-bond acceptors (Lipinski definition) is 29. The van der Waals surface area contributed by atoms with Crippen LogP contribution in [0.2, 0.25) is 0 Å². The van der Waals surface area contributed by atoms with Crippen molar-refractivity contribution in [2.75, 3.05) is 63.5 Å². The van der Waals surface area contributed by atoms with E-state index in [1.165, 1.54) is 61.6 Å². The maximum atomic E-state index is 12.0. The first-order valence-corrected chi connectivity index (χ1v) is 40.6. The molecule has 4 aromatic carbocycles. The van der Waals surface area contributed by atoms with E-state index in [0.717, 1.165) is 49.8 Å². The van der Waals surface area contributed by atoms with Gasteiger partial charge in [-0.05, 0) is 129 Å². The van der Waals surface area contributed by atoms with Crippen molar-refractivity contribution in [3.63, 3.8) is 0 Å². The molecule has 34 heteroatoms. The Hall–Kier alpha value is -3.76. The van der Waals surface area contributed by atoms with Gasteiger partial charge in [-0.2, -0.15) is 18.9 Å². The zero-order valence-electron chi connectivity index (χ0n) is 54.7. The maximum absolute atomic E-state index is 12.0. The number of aliphatic carboxylic acids is 1. The first-order chi connectivity index (χ1) is 45.9. The minimum Gasteiger partial charge on any atom is -0.742 e. The van der Waals surface area contributed by atoms with Crippen molar-refractivity contribution in [1.82, 2.24) is 9.97 Å². The largest absolute Gasteiger partial charge is 1.00 e. The Labute approximate surface area is 647 Å². The molecule has 2 unspecified atom stereocenters. The number of hydrogen-bond donors (Lipinski definition) is 6. The fraction of sp³-hybridized carbons (Fsp3) is 0.344. The molecule has 6 aromatic rings. The van der Waals surface area contributed by atoms with E-state index in [1.807, 2.05) is 111 Å². The fourth-order valence-electron chi connectivity index (χ4n) is 5.73. The summed E-state index contributed by atoms with van der Waals surface area (Å²) in [4.78, 5) is 50.4. The van der Waals surface area contributed by atoms with Gasteiger partial charge in [-0.3, -0.25) is 18.6 Å². The number of nitrogens with zero attached hydrogens (tertiary/aromatic N) is 4. The Bertz CT molecular complexity index is 3500. The molecule has 530 valence electrons. The van der Waals surface area contributed by atoms with Gasteiger partial charge in [0.1, 0.15) is 26.2 Å². The van der Waals surface area contributed by atoms with Gasteiger partial charge in [-0.25, -0.2) is 18.4 Å². The van der Waals surface area contributed by atoms with Gasteiger partial charge in [-0.1, -0.05) is 189 Å². The predicted octanol–water partition coefficient (Wildman–Crippen LogP) is 9.52. The number of aryl methyl sites for hydroxylation is 2. The van der Waals surface area contributed by atoms with Gasteiger partial charge in [0.25, 0.3) is 19.2 Å². The van der Waals surface area contributed by atoms with Crippen LogP contribution in [0.5, 0.6) is 0 Å². The molecule has 0 fully saturated rings. The van der Waals surface area contributed by atoms with E-state index in [9.17, 15) is 46.5 Å². The molecule has 0 amide bonds. The number of nitriles is 2. The number of aliphatic hydroxyl groups excluding tert-OH is 5. The molecular formula is C64H78ClN4NaO16S12. The molecule has 0 aliphatic carbocycles. The third kappa shape index (κ3) is 54.0. The van der Waals surface area contributed by atoms with Gasteiger partial charge < -0.3 is 52.8 Å². The molecule has 0 radical (unpaired) electrons. The molecule has 0 aliphatic rings. The number of ether oxygens (including phenoxy) is 1. The van der Waals surface area contributed by atoms with E-state index < -0.39 is 34.6 Å². The number of thiocarbonyl (C=S) groups is 2. The van der Waals surface area contributed by atoms with Crippen molar-refractivity contribution in [1.29, 1.82) is 10.5 Å². The van der Waals surface area contributed by atoms with E-state index in [0.29, 0.717) is 32.9 Å². The van der Waals surface area contributed by atoms with Crippen molar-refractivity contribution in [3.05, 3.63) is 180 Å². The summed E-state index contributed by atoms with van der Waals surface area (Å²) in [5.41, 5.74) is 3.78. The SMILES string of the molecule is CC(=O)SCCO.CC(=O)[S-].CC(C#N)(CCC(=O)O)SC(=S)c1ccccc1.CC(C#N)(CCC(=O)OCCSSc1ccccn1)SC(=S)c1ccccc1.Cc1ccc(S(=O)(=O)Cl)cc1.Cc1ccc(S(=O)(=O)OCCO)cc1.OCCO.OCCSSc1ccccn1.[Na+]. The Morgan fingerprint density at radius 1 is 0.582 bits per heavy atom. The summed E-state index contributed by atoms with van der Waals surface area (Å²) in [7, 11) is 4.18. The van der Waals surface area contributed by atoms with E-state index in [1.54, 1.807) is 93.7 Å². The number of rotatable bonds is 27. The smallest absolute Gasteiger partial charge is 0.742 e. The summed E-state index contributed by atoms with van der Waals surface area (Å²) in [6, 6.07) is 47.7. The summed E-state index contributed by atoms with van der Waals surface area (Å²) < 4.78 is 53.6. The summed E-state index contributed by atoms with van der Waals surface area (Å²) >= 11 is 18.4. The monoisotopic (exact) mass is 1600 g/mol. The number of esters is 1. The zero-order valence-corrected chi connectivity index (χ0v) is 67.3. The number of carboxylic acids is 1. The molecule has 20 nitrogen and oxygen atoms in total. The molecular weight excluding hydrogens is 1520 g/mol. The van der Waals surface area contributed by atoms with Gasteiger partial charge in [0.2, 0.25) is 0 Å². The van der Waals surface area contributed by atoms with E-state index in [4.69, 9.17) is 70.5 Å². The second kappa shape index (κ2) is 59.7. The third-order valence-corrected chi connectivity index (χ3v) is 21.6. The van der Waals surface area contributed by atoms with Crippen molar-refractivity contribution in [2.45, 2.75) is 96.6 Å². The maximum Gasteiger partial charge on any atom is 1.00 e. The van der Waals surface area contributed by atoms with Crippen molar-refractivity contribution in [3.8, 4) is 12.1 Å². The second-order valence-corrected chi connectivity index (χ2v) is 34.0. The molecule has 2 atom stereocenters. The normalized spacial score (nSPS) is 11.3. The fourth-order valence-corrected chi connectivity index (χ4v) is 14.3. The molecule has 0 bridgehead atoms. The van der Waals surface area contributed by atoms with Gasteiger partial charge in [0.15, 0.2) is 5.12 Å². The third-order valence-electron chi connectivity index (χ3n) is 10.4. The Morgan fingerprint density at radius 3 is 1.32 bits per heavy atom. The number of carboxylic acid groups (broad SMARTS) is 1. The van der Waals surface area contributed by atoms with Crippen LogP contribution in [0.4, 0.5) is 0 Å². The van der Waals surface area contributed by atoms with Crippen molar-refractivity contribution >= 4 is 176 Å². The second-order valence-electron chi connectivity index (χ2n) is 18.7. The van der Waals surface area contributed by atoms with Crippen molar-refractivity contribution in [2.24, 2.45) is 0 Å². The molecule has 6 N–H and O–H groups in total. The first-order valence-electron chi connectivity index (χ1n) is 28.4. The summed E-state index contributed by atoms with van der Waals surface area (Å²) in [5, 5.41) is 69.4. The summed E-state index contributed by atoms with van der Waals surface area (Å²) in [6.45, 7) is 9.97.